The molecule has 0 unspecified atom stereocenters. The van der Waals surface area contributed by atoms with E-state index in [-0.39, 0.29) is 23.4 Å². The van der Waals surface area contributed by atoms with Gasteiger partial charge in [0.25, 0.3) is 0 Å². The predicted molar refractivity (Wildman–Crippen MR) is 89.9 cm³/mol. The monoisotopic (exact) mass is 346 g/mol. The van der Waals surface area contributed by atoms with Crippen molar-refractivity contribution in [2.75, 3.05) is 0 Å². The Labute approximate surface area is 147 Å². The van der Waals surface area contributed by atoms with Crippen LogP contribution in [0.4, 0.5) is 0 Å². The third-order valence-electron chi connectivity index (χ3n) is 6.56. The van der Waals surface area contributed by atoms with Crippen molar-refractivity contribution in [2.45, 2.75) is 65.1 Å². The number of furan rings is 1. The van der Waals surface area contributed by atoms with Crippen LogP contribution >= 0.6 is 0 Å². The highest BCUT2D eigenvalue weighted by molar-refractivity contribution is 5.95. The van der Waals surface area contributed by atoms with E-state index in [4.69, 9.17) is 14.3 Å². The normalized spacial score (nSPS) is 34.1. The van der Waals surface area contributed by atoms with Gasteiger partial charge in [-0.2, -0.15) is 0 Å². The molecular formula is C20H26O5. The molecule has 1 aromatic rings. The lowest BCUT2D eigenvalue weighted by atomic mass is 9.48. The molecule has 5 rings (SSSR count). The molecule has 4 bridgehead atoms. The Morgan fingerprint density at radius 3 is 2.28 bits per heavy atom. The highest BCUT2D eigenvalue weighted by Crippen LogP contribution is 2.60. The van der Waals surface area contributed by atoms with E-state index in [1.807, 2.05) is 0 Å². The summed E-state index contributed by atoms with van der Waals surface area (Å²) >= 11 is 0. The van der Waals surface area contributed by atoms with Gasteiger partial charge in [0.1, 0.15) is 23.7 Å². The van der Waals surface area contributed by atoms with Crippen molar-refractivity contribution in [1.82, 2.24) is 0 Å². The van der Waals surface area contributed by atoms with Crippen LogP contribution in [0.25, 0.3) is 0 Å². The van der Waals surface area contributed by atoms with Crippen molar-refractivity contribution >= 4 is 11.8 Å². The quantitative estimate of drug-likeness (QED) is 0.827. The number of esters is 1. The molecule has 0 saturated heterocycles. The lowest BCUT2D eigenvalue weighted by Crippen LogP contribution is -2.52. The standard InChI is InChI=1S/C20H26O5/c1-11-17(6-16(10-21)24-11)19(23)25-12(2)18(22)20-7-13-3-14(8-20)5-15(4-13)9-20/h6,12-15,21H,3-5,7-10H2,1-2H3/t12-,13?,14?,15?,20?/m1/s1. The fourth-order valence-electron chi connectivity index (χ4n) is 5.95. The SMILES string of the molecule is Cc1oc(CO)cc1C(=O)O[C@H](C)C(=O)C12CC3CC(CC(C3)C1)C2. The second kappa shape index (κ2) is 5.97. The second-order valence-electron chi connectivity index (χ2n) is 8.45. The number of aliphatic hydroxyl groups excluding tert-OH is 1. The van der Waals surface area contributed by atoms with Crippen molar-refractivity contribution in [2.24, 2.45) is 23.2 Å². The number of carbonyl (C=O) groups excluding carboxylic acids is 2. The van der Waals surface area contributed by atoms with E-state index < -0.39 is 12.1 Å². The first-order valence-corrected chi connectivity index (χ1v) is 9.35. The average molecular weight is 346 g/mol. The van der Waals surface area contributed by atoms with Crippen LogP contribution in [0.15, 0.2) is 10.5 Å². The van der Waals surface area contributed by atoms with Gasteiger partial charge < -0.3 is 14.3 Å². The highest BCUT2D eigenvalue weighted by Gasteiger charge is 2.55. The number of rotatable bonds is 5. The number of ether oxygens (including phenoxy) is 1. The van der Waals surface area contributed by atoms with Crippen LogP contribution in [0, 0.1) is 30.1 Å². The summed E-state index contributed by atoms with van der Waals surface area (Å²) in [5.74, 6) is 2.33. The predicted octanol–water partition coefficient (Wildman–Crippen LogP) is 3.41. The Morgan fingerprint density at radius 2 is 1.80 bits per heavy atom. The number of aryl methyl sites for hydroxylation is 1. The molecule has 0 amide bonds. The summed E-state index contributed by atoms with van der Waals surface area (Å²) in [5, 5.41) is 9.12. The van der Waals surface area contributed by atoms with Crippen molar-refractivity contribution < 1.29 is 23.8 Å². The minimum Gasteiger partial charge on any atom is -0.463 e. The highest BCUT2D eigenvalue weighted by atomic mass is 16.5. The summed E-state index contributed by atoms with van der Waals surface area (Å²) in [7, 11) is 0. The van der Waals surface area contributed by atoms with Gasteiger partial charge in [-0.25, -0.2) is 4.79 Å². The van der Waals surface area contributed by atoms with Gasteiger partial charge in [0.2, 0.25) is 0 Å². The van der Waals surface area contributed by atoms with Crippen LogP contribution in [0.3, 0.4) is 0 Å². The first-order chi connectivity index (χ1) is 11.9. The van der Waals surface area contributed by atoms with Gasteiger partial charge in [-0.05, 0) is 76.2 Å². The average Bonchev–Trinajstić information content (AvgIpc) is 2.94. The van der Waals surface area contributed by atoms with Crippen molar-refractivity contribution in [3.63, 3.8) is 0 Å². The number of aliphatic hydroxyl groups is 1. The van der Waals surface area contributed by atoms with Crippen molar-refractivity contribution in [3.05, 3.63) is 23.2 Å². The second-order valence-corrected chi connectivity index (χ2v) is 8.45. The van der Waals surface area contributed by atoms with Crippen LogP contribution in [0.2, 0.25) is 0 Å². The molecule has 1 heterocycles. The van der Waals surface area contributed by atoms with E-state index in [0.717, 1.165) is 19.3 Å². The van der Waals surface area contributed by atoms with Crippen LogP contribution in [-0.2, 0) is 16.1 Å². The molecule has 1 N–H and O–H groups in total. The molecule has 4 fully saturated rings. The Kier molecular flexibility index (Phi) is 4.02. The van der Waals surface area contributed by atoms with E-state index in [1.54, 1.807) is 13.8 Å². The van der Waals surface area contributed by atoms with Gasteiger partial charge in [0.05, 0.1) is 0 Å². The lowest BCUT2D eigenvalue weighted by molar-refractivity contribution is -0.152. The first kappa shape index (κ1) is 16.8. The maximum Gasteiger partial charge on any atom is 0.342 e. The van der Waals surface area contributed by atoms with E-state index in [0.29, 0.717) is 29.3 Å². The first-order valence-electron chi connectivity index (χ1n) is 9.35. The molecule has 5 heteroatoms. The largest absolute Gasteiger partial charge is 0.463 e. The Balaban J connectivity index is 1.47. The molecule has 4 aliphatic rings. The van der Waals surface area contributed by atoms with E-state index in [2.05, 4.69) is 0 Å². The minimum absolute atomic E-state index is 0.100. The summed E-state index contributed by atoms with van der Waals surface area (Å²) in [5.41, 5.74) is 0.0186. The fourth-order valence-corrected chi connectivity index (χ4v) is 5.95. The van der Waals surface area contributed by atoms with Crippen LogP contribution < -0.4 is 0 Å². The number of carbonyl (C=O) groups is 2. The molecule has 0 aliphatic heterocycles. The molecule has 4 aliphatic carbocycles. The van der Waals surface area contributed by atoms with Crippen LogP contribution in [0.1, 0.15) is 67.3 Å². The molecule has 25 heavy (non-hydrogen) atoms. The van der Waals surface area contributed by atoms with Crippen molar-refractivity contribution in [3.8, 4) is 0 Å². The Morgan fingerprint density at radius 1 is 1.24 bits per heavy atom. The Hall–Kier alpha value is -1.62. The van der Waals surface area contributed by atoms with Gasteiger partial charge in [0, 0.05) is 5.41 Å². The molecule has 136 valence electrons. The molecule has 4 saturated carbocycles. The summed E-state index contributed by atoms with van der Waals surface area (Å²) in [6, 6.07) is 1.49. The van der Waals surface area contributed by atoms with E-state index in [1.165, 1.54) is 25.3 Å². The topological polar surface area (TPSA) is 76.7 Å². The van der Waals surface area contributed by atoms with Crippen LogP contribution in [-0.4, -0.2) is 23.0 Å². The summed E-state index contributed by atoms with van der Waals surface area (Å²) in [6.07, 6.45) is 6.00. The smallest absolute Gasteiger partial charge is 0.342 e. The molecular weight excluding hydrogens is 320 g/mol. The zero-order chi connectivity index (χ0) is 17.8. The summed E-state index contributed by atoms with van der Waals surface area (Å²) < 4.78 is 10.8. The molecule has 0 radical (unpaired) electrons. The van der Waals surface area contributed by atoms with E-state index >= 15 is 0 Å². The fraction of sp³-hybridized carbons (Fsp3) is 0.700. The number of Topliss-reactive ketones (excluding diaryl/α,β-unsaturated/α-hetero) is 1. The molecule has 1 atom stereocenters. The van der Waals surface area contributed by atoms with Crippen molar-refractivity contribution in [1.29, 1.82) is 0 Å². The third kappa shape index (κ3) is 2.82. The Bertz CT molecular complexity index is 666. The molecule has 0 aromatic carbocycles. The summed E-state index contributed by atoms with van der Waals surface area (Å²) in [4.78, 5) is 25.6. The zero-order valence-corrected chi connectivity index (χ0v) is 14.9. The van der Waals surface area contributed by atoms with Gasteiger partial charge in [-0.1, -0.05) is 0 Å². The maximum absolute atomic E-state index is 13.2. The van der Waals surface area contributed by atoms with Gasteiger partial charge >= 0.3 is 5.97 Å². The molecule has 1 aromatic heterocycles. The third-order valence-corrected chi connectivity index (χ3v) is 6.56. The zero-order valence-electron chi connectivity index (χ0n) is 14.9. The number of hydrogen-bond donors (Lipinski definition) is 1. The van der Waals surface area contributed by atoms with Gasteiger partial charge in [-0.3, -0.25) is 4.79 Å². The molecule has 0 spiro atoms. The van der Waals surface area contributed by atoms with Crippen LogP contribution in [0.5, 0.6) is 0 Å². The summed E-state index contributed by atoms with van der Waals surface area (Å²) in [6.45, 7) is 3.08. The minimum atomic E-state index is -0.740. The van der Waals surface area contributed by atoms with E-state index in [9.17, 15) is 9.59 Å². The molecule has 5 nitrogen and oxygen atoms in total. The lowest BCUT2D eigenvalue weighted by Gasteiger charge is -2.56. The van der Waals surface area contributed by atoms with Gasteiger partial charge in [0.15, 0.2) is 11.9 Å². The van der Waals surface area contributed by atoms with Gasteiger partial charge in [-0.15, -0.1) is 0 Å². The number of ketones is 1. The maximum atomic E-state index is 13.2. The number of hydrogen-bond acceptors (Lipinski definition) is 5.